The Bertz CT molecular complexity index is 1110. The second-order valence-electron chi connectivity index (χ2n) is 6.38. The zero-order valence-corrected chi connectivity index (χ0v) is 17.2. The van der Waals surface area contributed by atoms with Crippen LogP contribution in [-0.4, -0.2) is 24.9 Å². The van der Waals surface area contributed by atoms with Crippen molar-refractivity contribution in [3.05, 3.63) is 82.8 Å². The largest absolute Gasteiger partial charge is 0.468 e. The molecular weight excluding hydrogens is 404 g/mol. The van der Waals surface area contributed by atoms with Gasteiger partial charge in [-0.1, -0.05) is 12.1 Å². The Morgan fingerprint density at radius 2 is 1.83 bits per heavy atom. The minimum atomic E-state index is -0.517. The average Bonchev–Trinajstić information content (AvgIpc) is 3.20. The lowest BCUT2D eigenvalue weighted by Crippen LogP contribution is -2.15. The first kappa shape index (κ1) is 21.2. The van der Waals surface area contributed by atoms with Crippen molar-refractivity contribution in [1.29, 1.82) is 0 Å². The van der Waals surface area contributed by atoms with Gasteiger partial charge in [-0.05, 0) is 48.9 Å². The highest BCUT2D eigenvalue weighted by Gasteiger charge is 2.17. The number of carbonyl (C=O) groups is 3. The molecule has 7 nitrogen and oxygen atoms in total. The average molecular weight is 424 g/mol. The van der Waals surface area contributed by atoms with Crippen LogP contribution in [0.3, 0.4) is 0 Å². The molecule has 0 radical (unpaired) electrons. The van der Waals surface area contributed by atoms with E-state index >= 15 is 0 Å². The molecule has 0 aliphatic carbocycles. The summed E-state index contributed by atoms with van der Waals surface area (Å²) in [6, 6.07) is 13.6. The van der Waals surface area contributed by atoms with Crippen LogP contribution in [0.5, 0.6) is 0 Å². The maximum Gasteiger partial charge on any atom is 0.341 e. The van der Waals surface area contributed by atoms with E-state index in [0.717, 1.165) is 4.90 Å². The zero-order chi connectivity index (χ0) is 21.7. The van der Waals surface area contributed by atoms with E-state index in [1.54, 1.807) is 43.3 Å². The van der Waals surface area contributed by atoms with E-state index in [9.17, 15) is 14.4 Å². The third-order valence-electron chi connectivity index (χ3n) is 4.39. The molecule has 2 aromatic carbocycles. The SMILES string of the molecule is COC(=O)c1ccoc1CSc1ccccc1C(=O)Nc1ccc(C(N)=O)c(C)c1. The summed E-state index contributed by atoms with van der Waals surface area (Å²) in [5, 5.41) is 2.84. The van der Waals surface area contributed by atoms with Crippen molar-refractivity contribution < 1.29 is 23.5 Å². The molecule has 1 aromatic heterocycles. The van der Waals surface area contributed by atoms with Gasteiger partial charge in [-0.25, -0.2) is 4.79 Å². The van der Waals surface area contributed by atoms with Gasteiger partial charge in [0.15, 0.2) is 0 Å². The summed E-state index contributed by atoms with van der Waals surface area (Å²) in [6.07, 6.45) is 1.43. The summed E-state index contributed by atoms with van der Waals surface area (Å²) >= 11 is 1.37. The first-order chi connectivity index (χ1) is 14.4. The van der Waals surface area contributed by atoms with Gasteiger partial charge in [0.1, 0.15) is 11.3 Å². The molecule has 0 atom stereocenters. The van der Waals surface area contributed by atoms with Gasteiger partial charge < -0.3 is 20.2 Å². The fourth-order valence-electron chi connectivity index (χ4n) is 2.88. The molecule has 0 fully saturated rings. The molecule has 3 rings (SSSR count). The lowest BCUT2D eigenvalue weighted by Gasteiger charge is -2.11. The van der Waals surface area contributed by atoms with Gasteiger partial charge in [0.2, 0.25) is 5.91 Å². The third kappa shape index (κ3) is 4.72. The van der Waals surface area contributed by atoms with Crippen molar-refractivity contribution >= 4 is 35.2 Å². The lowest BCUT2D eigenvalue weighted by atomic mass is 10.1. The van der Waals surface area contributed by atoms with E-state index in [1.807, 2.05) is 12.1 Å². The second kappa shape index (κ2) is 9.32. The first-order valence-electron chi connectivity index (χ1n) is 8.99. The molecule has 8 heteroatoms. The minimum absolute atomic E-state index is 0.294. The minimum Gasteiger partial charge on any atom is -0.468 e. The number of hydrogen-bond donors (Lipinski definition) is 2. The van der Waals surface area contributed by atoms with Crippen LogP contribution in [0, 0.1) is 6.92 Å². The highest BCUT2D eigenvalue weighted by molar-refractivity contribution is 7.98. The summed E-state index contributed by atoms with van der Waals surface area (Å²) in [4.78, 5) is 36.7. The summed E-state index contributed by atoms with van der Waals surface area (Å²) in [6.45, 7) is 1.75. The Labute approximate surface area is 177 Å². The van der Waals surface area contributed by atoms with Crippen LogP contribution in [0.25, 0.3) is 0 Å². The molecular formula is C22H20N2O5S. The summed E-state index contributed by atoms with van der Waals surface area (Å²) in [5.41, 5.74) is 7.80. The second-order valence-corrected chi connectivity index (χ2v) is 7.40. The summed E-state index contributed by atoms with van der Waals surface area (Å²) in [7, 11) is 1.31. The van der Waals surface area contributed by atoms with E-state index in [-0.39, 0.29) is 5.91 Å². The molecule has 0 bridgehead atoms. The van der Waals surface area contributed by atoms with E-state index in [0.29, 0.717) is 39.5 Å². The number of rotatable bonds is 7. The zero-order valence-electron chi connectivity index (χ0n) is 16.4. The highest BCUT2D eigenvalue weighted by Crippen LogP contribution is 2.29. The number of nitrogens with one attached hydrogen (secondary N) is 1. The fourth-order valence-corrected chi connectivity index (χ4v) is 3.89. The number of primary amides is 1. The Kier molecular flexibility index (Phi) is 6.58. The Hall–Kier alpha value is -3.52. The molecule has 0 saturated carbocycles. The van der Waals surface area contributed by atoms with Gasteiger partial charge in [0, 0.05) is 16.1 Å². The third-order valence-corrected chi connectivity index (χ3v) is 5.46. The molecule has 2 amide bonds. The van der Waals surface area contributed by atoms with Gasteiger partial charge in [0.05, 0.1) is 24.7 Å². The van der Waals surface area contributed by atoms with E-state index in [4.69, 9.17) is 14.9 Å². The van der Waals surface area contributed by atoms with Crippen LogP contribution in [-0.2, 0) is 10.5 Å². The molecule has 0 spiro atoms. The van der Waals surface area contributed by atoms with Crippen molar-refractivity contribution in [3.63, 3.8) is 0 Å². The lowest BCUT2D eigenvalue weighted by molar-refractivity contribution is 0.0598. The topological polar surface area (TPSA) is 112 Å². The van der Waals surface area contributed by atoms with Gasteiger partial charge in [-0.2, -0.15) is 0 Å². The molecule has 154 valence electrons. The van der Waals surface area contributed by atoms with Crippen molar-refractivity contribution in [3.8, 4) is 0 Å². The number of hydrogen-bond acceptors (Lipinski definition) is 6. The predicted octanol–water partition coefficient (Wildman–Crippen LogP) is 4.02. The first-order valence-corrected chi connectivity index (χ1v) is 9.97. The number of methoxy groups -OCH3 is 1. The van der Waals surface area contributed by atoms with Crippen molar-refractivity contribution in [2.75, 3.05) is 12.4 Å². The number of nitrogens with two attached hydrogens (primary N) is 1. The number of thioether (sulfide) groups is 1. The van der Waals surface area contributed by atoms with Gasteiger partial charge in [-0.15, -0.1) is 11.8 Å². The molecule has 0 aliphatic rings. The standard InChI is InChI=1S/C22H20N2O5S/c1-13-11-14(7-8-15(13)20(23)25)24-21(26)17-5-3-4-6-19(17)30-12-18-16(9-10-29-18)22(27)28-2/h3-11H,12H2,1-2H3,(H2,23,25)(H,24,26). The number of amides is 2. The Morgan fingerprint density at radius 1 is 1.07 bits per heavy atom. The van der Waals surface area contributed by atoms with Crippen LogP contribution in [0.4, 0.5) is 5.69 Å². The van der Waals surface area contributed by atoms with Crippen LogP contribution < -0.4 is 11.1 Å². The van der Waals surface area contributed by atoms with Crippen LogP contribution in [0.1, 0.15) is 42.4 Å². The number of esters is 1. The summed E-state index contributed by atoms with van der Waals surface area (Å²) in [5.74, 6) is -0.457. The quantitative estimate of drug-likeness (QED) is 0.438. The van der Waals surface area contributed by atoms with Crippen molar-refractivity contribution in [2.24, 2.45) is 5.73 Å². The van der Waals surface area contributed by atoms with E-state index in [2.05, 4.69) is 5.32 Å². The maximum atomic E-state index is 12.8. The smallest absolute Gasteiger partial charge is 0.341 e. The fraction of sp³-hybridized carbons (Fsp3) is 0.136. The molecule has 3 aromatic rings. The van der Waals surface area contributed by atoms with Gasteiger partial charge in [-0.3, -0.25) is 9.59 Å². The number of anilines is 1. The molecule has 0 aliphatic heterocycles. The van der Waals surface area contributed by atoms with Gasteiger partial charge >= 0.3 is 5.97 Å². The number of furan rings is 1. The predicted molar refractivity (Wildman–Crippen MR) is 114 cm³/mol. The van der Waals surface area contributed by atoms with Crippen molar-refractivity contribution in [2.45, 2.75) is 17.6 Å². The number of aryl methyl sites for hydroxylation is 1. The van der Waals surface area contributed by atoms with E-state index in [1.165, 1.54) is 25.1 Å². The number of carbonyl (C=O) groups excluding carboxylic acids is 3. The van der Waals surface area contributed by atoms with Crippen LogP contribution in [0.2, 0.25) is 0 Å². The molecule has 3 N–H and O–H groups in total. The summed E-state index contributed by atoms with van der Waals surface area (Å²) < 4.78 is 10.1. The van der Waals surface area contributed by atoms with Gasteiger partial charge in [0.25, 0.3) is 5.91 Å². The van der Waals surface area contributed by atoms with E-state index < -0.39 is 11.9 Å². The molecule has 0 saturated heterocycles. The molecule has 0 unspecified atom stereocenters. The van der Waals surface area contributed by atoms with Crippen LogP contribution in [0.15, 0.2) is 64.1 Å². The Morgan fingerprint density at radius 3 is 2.53 bits per heavy atom. The normalized spacial score (nSPS) is 10.5. The number of benzene rings is 2. The Balaban J connectivity index is 1.76. The monoisotopic (exact) mass is 424 g/mol. The van der Waals surface area contributed by atoms with Crippen LogP contribution >= 0.6 is 11.8 Å². The maximum absolute atomic E-state index is 12.8. The molecule has 30 heavy (non-hydrogen) atoms. The van der Waals surface area contributed by atoms with Crippen molar-refractivity contribution in [1.82, 2.24) is 0 Å². The number of ether oxygens (including phenoxy) is 1. The molecule has 1 heterocycles. The highest BCUT2D eigenvalue weighted by atomic mass is 32.2.